The molecule has 4 atom stereocenters. The van der Waals surface area contributed by atoms with E-state index < -0.39 is 0 Å². The number of Topliss-reactive ketones (excluding diaryl/α,β-unsaturated/α-hetero) is 2. The normalized spacial score (nSPS) is 31.0. The van der Waals surface area contributed by atoms with E-state index in [2.05, 4.69) is 19.1 Å². The molecule has 0 aromatic heterocycles. The Hall–Kier alpha value is -2.22. The van der Waals surface area contributed by atoms with Crippen molar-refractivity contribution in [3.8, 4) is 0 Å². The highest BCUT2D eigenvalue weighted by Gasteiger charge is 2.54. The van der Waals surface area contributed by atoms with Crippen LogP contribution in [-0.2, 0) is 17.6 Å². The minimum Gasteiger partial charge on any atom is -0.299 e. The zero-order valence-electron chi connectivity index (χ0n) is 16.6. The summed E-state index contributed by atoms with van der Waals surface area (Å²) in [6, 6.07) is 16.4. The van der Waals surface area contributed by atoms with Gasteiger partial charge in [0, 0.05) is 23.8 Å². The second kappa shape index (κ2) is 6.69. The van der Waals surface area contributed by atoms with Crippen LogP contribution < -0.4 is 0 Å². The van der Waals surface area contributed by atoms with Crippen LogP contribution >= 0.6 is 0 Å². The molecular weight excluding hydrogens is 344 g/mol. The van der Waals surface area contributed by atoms with Crippen LogP contribution in [0.4, 0.5) is 0 Å². The number of rotatable bonds is 3. The van der Waals surface area contributed by atoms with Crippen molar-refractivity contribution in [2.75, 3.05) is 0 Å². The Morgan fingerprint density at radius 2 is 1.86 bits per heavy atom. The van der Waals surface area contributed by atoms with Crippen molar-refractivity contribution in [2.24, 2.45) is 17.3 Å². The molecular formula is C26H28O2. The summed E-state index contributed by atoms with van der Waals surface area (Å²) in [5.74, 6) is 2.48. The maximum absolute atomic E-state index is 12.8. The third kappa shape index (κ3) is 2.77. The van der Waals surface area contributed by atoms with Crippen molar-refractivity contribution in [1.29, 1.82) is 0 Å². The third-order valence-corrected chi connectivity index (χ3v) is 7.97. The zero-order chi connectivity index (χ0) is 19.3. The summed E-state index contributed by atoms with van der Waals surface area (Å²) in [5, 5.41) is 0. The number of hydrogen-bond donors (Lipinski definition) is 0. The van der Waals surface area contributed by atoms with Gasteiger partial charge in [0.15, 0.2) is 5.78 Å². The fourth-order valence-electron chi connectivity index (χ4n) is 6.41. The van der Waals surface area contributed by atoms with Gasteiger partial charge in [-0.2, -0.15) is 0 Å². The van der Waals surface area contributed by atoms with Gasteiger partial charge >= 0.3 is 0 Å². The molecule has 0 heterocycles. The smallest absolute Gasteiger partial charge is 0.167 e. The minimum absolute atomic E-state index is 0.0652. The zero-order valence-corrected chi connectivity index (χ0v) is 16.6. The molecule has 0 saturated heterocycles. The van der Waals surface area contributed by atoms with Crippen molar-refractivity contribution in [3.63, 3.8) is 0 Å². The standard InChI is InChI=1S/C26H28O2/c1-26-14-13-21-20-9-8-19(24(27)15-17-5-3-2-4-6-17)16-18(20)7-10-22(21)23(26)11-12-25(26)28/h2-6,8-9,16,21-23H,7,10-15H2,1H3/t21-,22-,23+,26+/m1/s1. The number of hydrogen-bond acceptors (Lipinski definition) is 2. The van der Waals surface area contributed by atoms with Gasteiger partial charge in [-0.15, -0.1) is 0 Å². The fourth-order valence-corrected chi connectivity index (χ4v) is 6.41. The molecule has 0 bridgehead atoms. The summed E-state index contributed by atoms with van der Waals surface area (Å²) in [6.45, 7) is 2.23. The van der Waals surface area contributed by atoms with E-state index in [1.54, 1.807) is 0 Å². The Morgan fingerprint density at radius 3 is 2.68 bits per heavy atom. The molecule has 3 aliphatic rings. The fraction of sp³-hybridized carbons (Fsp3) is 0.462. The van der Waals surface area contributed by atoms with E-state index in [-0.39, 0.29) is 11.2 Å². The molecule has 0 amide bonds. The molecule has 0 spiro atoms. The molecule has 144 valence electrons. The van der Waals surface area contributed by atoms with Crippen molar-refractivity contribution in [1.82, 2.24) is 0 Å². The first-order valence-electron chi connectivity index (χ1n) is 10.8. The van der Waals surface area contributed by atoms with E-state index in [4.69, 9.17) is 0 Å². The largest absolute Gasteiger partial charge is 0.299 e. The van der Waals surface area contributed by atoms with E-state index >= 15 is 0 Å². The average molecular weight is 373 g/mol. The molecule has 2 aromatic carbocycles. The number of fused-ring (bicyclic) bond motifs is 5. The Balaban J connectivity index is 1.39. The van der Waals surface area contributed by atoms with Gasteiger partial charge in [-0.1, -0.05) is 49.4 Å². The first-order chi connectivity index (χ1) is 13.6. The molecule has 28 heavy (non-hydrogen) atoms. The lowest BCUT2D eigenvalue weighted by Crippen LogP contribution is -2.42. The summed E-state index contributed by atoms with van der Waals surface area (Å²) in [7, 11) is 0. The predicted molar refractivity (Wildman–Crippen MR) is 111 cm³/mol. The van der Waals surface area contributed by atoms with Crippen LogP contribution in [0, 0.1) is 17.3 Å². The summed E-state index contributed by atoms with van der Waals surface area (Å²) < 4.78 is 0. The molecule has 2 heteroatoms. The van der Waals surface area contributed by atoms with Crippen LogP contribution in [0.2, 0.25) is 0 Å². The Labute approximate surface area is 167 Å². The molecule has 2 fully saturated rings. The summed E-state index contributed by atoms with van der Waals surface area (Å²) in [5.41, 5.74) is 4.67. The minimum atomic E-state index is -0.0652. The average Bonchev–Trinajstić information content (AvgIpc) is 3.03. The maximum atomic E-state index is 12.8. The number of aryl methyl sites for hydroxylation is 1. The SMILES string of the molecule is C[C@]12CC[C@@H]3c4ccc(C(=O)Cc5ccccc5)cc4CC[C@H]3[C@@H]1CCC2=O. The van der Waals surface area contributed by atoms with Crippen LogP contribution in [0.1, 0.15) is 72.0 Å². The molecule has 0 unspecified atom stereocenters. The molecule has 2 saturated carbocycles. The number of ketones is 2. The van der Waals surface area contributed by atoms with E-state index in [1.807, 2.05) is 36.4 Å². The Kier molecular flexibility index (Phi) is 4.26. The third-order valence-electron chi connectivity index (χ3n) is 7.97. The van der Waals surface area contributed by atoms with Crippen LogP contribution in [0.3, 0.4) is 0 Å². The van der Waals surface area contributed by atoms with Crippen LogP contribution in [0.5, 0.6) is 0 Å². The summed E-state index contributed by atoms with van der Waals surface area (Å²) >= 11 is 0. The Morgan fingerprint density at radius 1 is 1.04 bits per heavy atom. The number of carbonyl (C=O) groups excluding carboxylic acids is 2. The number of carbonyl (C=O) groups is 2. The van der Waals surface area contributed by atoms with Crippen LogP contribution in [-0.4, -0.2) is 11.6 Å². The molecule has 2 nitrogen and oxygen atoms in total. The van der Waals surface area contributed by atoms with Gasteiger partial charge in [0.25, 0.3) is 0 Å². The van der Waals surface area contributed by atoms with Crippen molar-refractivity contribution in [2.45, 2.75) is 57.8 Å². The molecule has 5 rings (SSSR count). The van der Waals surface area contributed by atoms with Gasteiger partial charge in [0.05, 0.1) is 0 Å². The highest BCUT2D eigenvalue weighted by Crippen LogP contribution is 2.59. The first kappa shape index (κ1) is 17.8. The monoisotopic (exact) mass is 372 g/mol. The maximum Gasteiger partial charge on any atom is 0.167 e. The van der Waals surface area contributed by atoms with Gasteiger partial charge in [-0.3, -0.25) is 9.59 Å². The number of benzene rings is 2. The van der Waals surface area contributed by atoms with Gasteiger partial charge in [0.1, 0.15) is 5.78 Å². The van der Waals surface area contributed by atoms with Gasteiger partial charge in [-0.05, 0) is 72.6 Å². The topological polar surface area (TPSA) is 34.1 Å². The molecule has 0 aliphatic heterocycles. The van der Waals surface area contributed by atoms with Crippen LogP contribution in [0.15, 0.2) is 48.5 Å². The van der Waals surface area contributed by atoms with Gasteiger partial charge in [0.2, 0.25) is 0 Å². The lowest BCUT2D eigenvalue weighted by molar-refractivity contribution is -0.129. The second-order valence-corrected chi connectivity index (χ2v) is 9.33. The van der Waals surface area contributed by atoms with Gasteiger partial charge in [-0.25, -0.2) is 0 Å². The van der Waals surface area contributed by atoms with E-state index in [1.165, 1.54) is 17.5 Å². The van der Waals surface area contributed by atoms with E-state index in [9.17, 15) is 9.59 Å². The predicted octanol–water partition coefficient (Wildman–Crippen LogP) is 5.54. The molecule has 0 N–H and O–H groups in total. The van der Waals surface area contributed by atoms with Gasteiger partial charge < -0.3 is 0 Å². The molecule has 0 radical (unpaired) electrons. The van der Waals surface area contributed by atoms with E-state index in [0.29, 0.717) is 30.0 Å². The van der Waals surface area contributed by atoms with E-state index in [0.717, 1.165) is 43.2 Å². The highest BCUT2D eigenvalue weighted by atomic mass is 16.1. The Bertz CT molecular complexity index is 929. The molecule has 3 aliphatic carbocycles. The quantitative estimate of drug-likeness (QED) is 0.663. The lowest BCUT2D eigenvalue weighted by atomic mass is 9.55. The first-order valence-corrected chi connectivity index (χ1v) is 10.8. The highest BCUT2D eigenvalue weighted by molar-refractivity contribution is 5.97. The van der Waals surface area contributed by atoms with Crippen molar-refractivity contribution < 1.29 is 9.59 Å². The van der Waals surface area contributed by atoms with Crippen molar-refractivity contribution >= 4 is 11.6 Å². The summed E-state index contributed by atoms with van der Waals surface area (Å²) in [4.78, 5) is 25.3. The van der Waals surface area contributed by atoms with Crippen molar-refractivity contribution in [3.05, 3.63) is 70.8 Å². The lowest BCUT2D eigenvalue weighted by Gasteiger charge is -2.48. The molecule has 2 aromatic rings. The van der Waals surface area contributed by atoms with Crippen LogP contribution in [0.25, 0.3) is 0 Å². The summed E-state index contributed by atoms with van der Waals surface area (Å²) in [6.07, 6.45) is 6.70. The second-order valence-electron chi connectivity index (χ2n) is 9.33.